The maximum atomic E-state index is 6.23. The Morgan fingerprint density at radius 1 is 1.17 bits per heavy atom. The van der Waals surface area contributed by atoms with E-state index in [0.717, 1.165) is 29.3 Å². The molecular weight excluding hydrogens is 310 g/mol. The summed E-state index contributed by atoms with van der Waals surface area (Å²) in [5, 5.41) is 3.94. The maximum Gasteiger partial charge on any atom is 0.193 e. The Labute approximate surface area is 141 Å². The largest absolute Gasteiger partial charge is 0.497 e. The van der Waals surface area contributed by atoms with E-state index in [0.29, 0.717) is 11.9 Å². The summed E-state index contributed by atoms with van der Waals surface area (Å²) in [6.07, 6.45) is 1.96. The Bertz CT molecular complexity index is 694. The highest BCUT2D eigenvalue weighted by atomic mass is 35.5. The molecule has 120 valence electrons. The number of ether oxygens (including phenoxy) is 1. The van der Waals surface area contributed by atoms with Gasteiger partial charge in [-0.25, -0.2) is 4.99 Å². The molecule has 1 aliphatic carbocycles. The molecule has 1 saturated carbocycles. The molecule has 0 atom stereocenters. The lowest BCUT2D eigenvalue weighted by molar-refractivity contribution is 0.353. The first kappa shape index (κ1) is 15.7. The number of nitrogens with two attached hydrogens (primary N) is 1. The summed E-state index contributed by atoms with van der Waals surface area (Å²) in [6, 6.07) is 15.8. The van der Waals surface area contributed by atoms with Gasteiger partial charge in [0, 0.05) is 10.7 Å². The molecule has 2 aromatic rings. The van der Waals surface area contributed by atoms with Crippen molar-refractivity contribution in [2.24, 2.45) is 10.7 Å². The summed E-state index contributed by atoms with van der Waals surface area (Å²) in [6.45, 7) is 0. The number of aliphatic imine (C=N–C) groups is 1. The summed E-state index contributed by atoms with van der Waals surface area (Å²) in [5.41, 5.74) is 8.09. The molecule has 0 aromatic heterocycles. The highest BCUT2D eigenvalue weighted by Gasteiger charge is 2.31. The van der Waals surface area contributed by atoms with E-state index in [1.165, 1.54) is 5.56 Å². The molecule has 23 heavy (non-hydrogen) atoms. The first-order valence-electron chi connectivity index (χ1n) is 7.64. The third kappa shape index (κ3) is 3.77. The number of hydrogen-bond donors (Lipinski definition) is 2. The molecule has 0 heterocycles. The molecule has 4 nitrogen and oxygen atoms in total. The van der Waals surface area contributed by atoms with E-state index in [2.05, 4.69) is 16.4 Å². The second-order valence-electron chi connectivity index (χ2n) is 5.71. The number of anilines is 1. The van der Waals surface area contributed by atoms with Crippen molar-refractivity contribution in [3.05, 3.63) is 59.1 Å². The summed E-state index contributed by atoms with van der Waals surface area (Å²) in [4.78, 5) is 4.53. The Hall–Kier alpha value is -2.20. The van der Waals surface area contributed by atoms with Crippen LogP contribution in [0.5, 0.6) is 5.75 Å². The number of guanidine groups is 1. The lowest BCUT2D eigenvalue weighted by Crippen LogP contribution is -2.31. The lowest BCUT2D eigenvalue weighted by Gasteiger charge is -2.33. The topological polar surface area (TPSA) is 59.6 Å². The Morgan fingerprint density at radius 2 is 1.87 bits per heavy atom. The third-order valence-electron chi connectivity index (χ3n) is 4.14. The number of nitrogens with zero attached hydrogens (tertiary/aromatic N) is 1. The van der Waals surface area contributed by atoms with Crippen LogP contribution >= 0.6 is 11.6 Å². The Kier molecular flexibility index (Phi) is 4.72. The fraction of sp³-hybridized carbons (Fsp3) is 0.278. The van der Waals surface area contributed by atoms with Gasteiger partial charge < -0.3 is 15.8 Å². The van der Waals surface area contributed by atoms with Crippen LogP contribution in [0.2, 0.25) is 5.02 Å². The molecule has 0 amide bonds. The molecule has 3 rings (SSSR count). The molecular formula is C18H20ClN3O. The van der Waals surface area contributed by atoms with Gasteiger partial charge >= 0.3 is 0 Å². The fourth-order valence-corrected chi connectivity index (χ4v) is 3.09. The van der Waals surface area contributed by atoms with Gasteiger partial charge in [-0.05, 0) is 54.7 Å². The van der Waals surface area contributed by atoms with Crippen molar-refractivity contribution in [2.75, 3.05) is 12.4 Å². The van der Waals surface area contributed by atoms with Crippen LogP contribution in [-0.2, 0) is 0 Å². The minimum absolute atomic E-state index is 0.252. The van der Waals surface area contributed by atoms with Gasteiger partial charge in [-0.3, -0.25) is 0 Å². The minimum atomic E-state index is 0.252. The predicted molar refractivity (Wildman–Crippen MR) is 95.5 cm³/mol. The number of nitrogens with one attached hydrogen (secondary N) is 1. The first-order valence-corrected chi connectivity index (χ1v) is 8.02. The molecule has 0 saturated heterocycles. The van der Waals surface area contributed by atoms with Crippen molar-refractivity contribution in [1.82, 2.24) is 0 Å². The summed E-state index contributed by atoms with van der Waals surface area (Å²) >= 11 is 6.23. The summed E-state index contributed by atoms with van der Waals surface area (Å²) in [5.74, 6) is 1.73. The van der Waals surface area contributed by atoms with Gasteiger partial charge in [-0.15, -0.1) is 0 Å². The highest BCUT2D eigenvalue weighted by Crippen LogP contribution is 2.41. The molecule has 0 aliphatic heterocycles. The molecule has 3 N–H and O–H groups in total. The van der Waals surface area contributed by atoms with Crippen molar-refractivity contribution in [2.45, 2.75) is 24.8 Å². The van der Waals surface area contributed by atoms with Crippen LogP contribution in [0, 0.1) is 0 Å². The van der Waals surface area contributed by atoms with E-state index in [1.54, 1.807) is 7.11 Å². The normalized spacial score (nSPS) is 20.7. The zero-order valence-electron chi connectivity index (χ0n) is 13.0. The van der Waals surface area contributed by atoms with Gasteiger partial charge in [0.25, 0.3) is 0 Å². The van der Waals surface area contributed by atoms with Crippen LogP contribution in [0.15, 0.2) is 53.5 Å². The van der Waals surface area contributed by atoms with E-state index in [-0.39, 0.29) is 6.04 Å². The second kappa shape index (κ2) is 6.92. The molecule has 2 aromatic carbocycles. The van der Waals surface area contributed by atoms with Gasteiger partial charge in [0.1, 0.15) is 5.75 Å². The van der Waals surface area contributed by atoms with Crippen LogP contribution in [-0.4, -0.2) is 19.1 Å². The summed E-state index contributed by atoms with van der Waals surface area (Å²) in [7, 11) is 1.64. The second-order valence-corrected chi connectivity index (χ2v) is 6.12. The van der Waals surface area contributed by atoms with Gasteiger partial charge in [-0.2, -0.15) is 0 Å². The van der Waals surface area contributed by atoms with E-state index >= 15 is 0 Å². The van der Waals surface area contributed by atoms with Gasteiger partial charge in [0.15, 0.2) is 5.96 Å². The van der Waals surface area contributed by atoms with Gasteiger partial charge in [-0.1, -0.05) is 29.8 Å². The quantitative estimate of drug-likeness (QED) is 0.658. The molecule has 0 unspecified atom stereocenters. The van der Waals surface area contributed by atoms with Crippen molar-refractivity contribution >= 4 is 23.2 Å². The van der Waals surface area contributed by atoms with Crippen LogP contribution in [0.1, 0.15) is 24.3 Å². The molecule has 5 heteroatoms. The summed E-state index contributed by atoms with van der Waals surface area (Å²) < 4.78 is 5.13. The number of rotatable bonds is 4. The molecule has 0 spiro atoms. The average molecular weight is 330 g/mol. The third-order valence-corrected chi connectivity index (χ3v) is 4.49. The SMILES string of the molecule is COc1ccc(NC(N)=NC2CC(c3ccccc3Cl)C2)cc1. The number of hydrogen-bond acceptors (Lipinski definition) is 2. The maximum absolute atomic E-state index is 6.23. The number of methoxy groups -OCH3 is 1. The molecule has 0 radical (unpaired) electrons. The molecule has 0 bridgehead atoms. The predicted octanol–water partition coefficient (Wildman–Crippen LogP) is 4.02. The van der Waals surface area contributed by atoms with E-state index < -0.39 is 0 Å². The highest BCUT2D eigenvalue weighted by molar-refractivity contribution is 6.31. The number of benzene rings is 2. The lowest BCUT2D eigenvalue weighted by atomic mass is 9.76. The first-order chi connectivity index (χ1) is 11.2. The fourth-order valence-electron chi connectivity index (χ4n) is 2.80. The van der Waals surface area contributed by atoms with Crippen molar-refractivity contribution in [3.8, 4) is 5.75 Å². The smallest absolute Gasteiger partial charge is 0.193 e. The molecule has 1 aliphatic rings. The average Bonchev–Trinajstić information content (AvgIpc) is 2.52. The van der Waals surface area contributed by atoms with Crippen LogP contribution < -0.4 is 15.8 Å². The van der Waals surface area contributed by atoms with Gasteiger partial charge in [0.2, 0.25) is 0 Å². The van der Waals surface area contributed by atoms with Crippen LogP contribution in [0.4, 0.5) is 5.69 Å². The zero-order chi connectivity index (χ0) is 16.2. The minimum Gasteiger partial charge on any atom is -0.497 e. The van der Waals surface area contributed by atoms with Crippen molar-refractivity contribution in [3.63, 3.8) is 0 Å². The van der Waals surface area contributed by atoms with E-state index in [9.17, 15) is 0 Å². The monoisotopic (exact) mass is 329 g/mol. The van der Waals surface area contributed by atoms with E-state index in [1.807, 2.05) is 42.5 Å². The standard InChI is InChI=1S/C18H20ClN3O/c1-23-15-8-6-13(7-9-15)21-18(20)22-14-10-12(11-14)16-4-2-3-5-17(16)19/h2-9,12,14H,10-11H2,1H3,(H3,20,21,22). The number of halogens is 1. The van der Waals surface area contributed by atoms with Gasteiger partial charge in [0.05, 0.1) is 13.2 Å². The van der Waals surface area contributed by atoms with Crippen LogP contribution in [0.3, 0.4) is 0 Å². The Balaban J connectivity index is 1.55. The zero-order valence-corrected chi connectivity index (χ0v) is 13.8. The molecule has 1 fully saturated rings. The van der Waals surface area contributed by atoms with Crippen molar-refractivity contribution in [1.29, 1.82) is 0 Å². The van der Waals surface area contributed by atoms with Crippen LogP contribution in [0.25, 0.3) is 0 Å². The Morgan fingerprint density at radius 3 is 2.52 bits per heavy atom. The van der Waals surface area contributed by atoms with Crippen molar-refractivity contribution < 1.29 is 4.74 Å². The van der Waals surface area contributed by atoms with E-state index in [4.69, 9.17) is 22.1 Å².